The molecule has 0 atom stereocenters. The van der Waals surface area contributed by atoms with Crippen LogP contribution < -0.4 is 0 Å². The normalized spacial score (nSPS) is 11.4. The second kappa shape index (κ2) is 14.1. The highest BCUT2D eigenvalue weighted by Crippen LogP contribution is 2.39. The van der Waals surface area contributed by atoms with Crippen molar-refractivity contribution in [2.75, 3.05) is 0 Å². The van der Waals surface area contributed by atoms with Gasteiger partial charge < -0.3 is 0 Å². The Hall–Kier alpha value is -7.75. The summed E-state index contributed by atoms with van der Waals surface area (Å²) in [5, 5.41) is 8.21. The van der Waals surface area contributed by atoms with Crippen LogP contribution in [0.25, 0.3) is 111 Å². The fourth-order valence-corrected chi connectivity index (χ4v) is 8.41. The highest BCUT2D eigenvalue weighted by atomic mass is 14.9. The molecule has 0 fully saturated rings. The van der Waals surface area contributed by atoms with E-state index in [1.165, 1.54) is 27.1 Å². The van der Waals surface area contributed by atoms with Crippen molar-refractivity contribution in [3.05, 3.63) is 212 Å². The summed E-state index contributed by atoms with van der Waals surface area (Å²) in [5.41, 5.74) is 12.6. The van der Waals surface area contributed by atoms with Crippen LogP contribution >= 0.6 is 0 Å². The first-order chi connectivity index (χ1) is 28.7. The molecule has 9 aromatic carbocycles. The average Bonchev–Trinajstić information content (AvgIpc) is 3.31. The predicted molar refractivity (Wildman–Crippen MR) is 242 cm³/mol. The lowest BCUT2D eigenvalue weighted by molar-refractivity contribution is 1.19. The Balaban J connectivity index is 1.03. The lowest BCUT2D eigenvalue weighted by Crippen LogP contribution is -1.97. The number of fused-ring (bicyclic) bond motifs is 5. The third-order valence-electron chi connectivity index (χ3n) is 11.3. The maximum Gasteiger partial charge on any atom is 0.161 e. The Morgan fingerprint density at radius 3 is 1.53 bits per heavy atom. The van der Waals surface area contributed by atoms with Gasteiger partial charge in [0.05, 0.1) is 22.6 Å². The molecule has 11 aromatic rings. The molecule has 0 bridgehead atoms. The van der Waals surface area contributed by atoms with Gasteiger partial charge in [0.1, 0.15) is 0 Å². The third kappa shape index (κ3) is 5.98. The van der Waals surface area contributed by atoms with E-state index >= 15 is 0 Å². The molecule has 0 aliphatic rings. The van der Waals surface area contributed by atoms with Crippen molar-refractivity contribution in [3.8, 4) is 67.4 Å². The van der Waals surface area contributed by atoms with Gasteiger partial charge in [-0.2, -0.15) is 0 Å². The summed E-state index contributed by atoms with van der Waals surface area (Å²) in [6.07, 6.45) is 0. The molecule has 2 heterocycles. The van der Waals surface area contributed by atoms with E-state index in [4.69, 9.17) is 15.0 Å². The van der Waals surface area contributed by atoms with Crippen LogP contribution in [0.4, 0.5) is 0 Å². The molecule has 3 heteroatoms. The molecule has 270 valence electrons. The lowest BCUT2D eigenvalue weighted by atomic mass is 9.92. The van der Waals surface area contributed by atoms with E-state index in [0.717, 1.165) is 77.7 Å². The van der Waals surface area contributed by atoms with E-state index in [0.29, 0.717) is 5.82 Å². The third-order valence-corrected chi connectivity index (χ3v) is 11.3. The Bertz CT molecular complexity index is 3220. The van der Waals surface area contributed by atoms with Gasteiger partial charge in [-0.15, -0.1) is 0 Å². The van der Waals surface area contributed by atoms with Crippen LogP contribution in [0.15, 0.2) is 212 Å². The van der Waals surface area contributed by atoms with Crippen LogP contribution in [0.5, 0.6) is 0 Å². The van der Waals surface area contributed by atoms with Crippen molar-refractivity contribution >= 4 is 43.2 Å². The minimum Gasteiger partial charge on any atom is -0.248 e. The molecule has 0 saturated heterocycles. The summed E-state index contributed by atoms with van der Waals surface area (Å²) < 4.78 is 0. The van der Waals surface area contributed by atoms with Gasteiger partial charge in [0.2, 0.25) is 0 Å². The summed E-state index contributed by atoms with van der Waals surface area (Å²) in [4.78, 5) is 15.7. The molecule has 0 aliphatic heterocycles. The van der Waals surface area contributed by atoms with Gasteiger partial charge in [0, 0.05) is 27.6 Å². The van der Waals surface area contributed by atoms with Gasteiger partial charge in [-0.25, -0.2) is 15.0 Å². The molecule has 58 heavy (non-hydrogen) atoms. The monoisotopic (exact) mass is 737 g/mol. The molecule has 0 radical (unpaired) electrons. The fourth-order valence-electron chi connectivity index (χ4n) is 8.41. The van der Waals surface area contributed by atoms with Crippen LogP contribution in [-0.2, 0) is 0 Å². The lowest BCUT2D eigenvalue weighted by Gasteiger charge is -2.14. The van der Waals surface area contributed by atoms with Crippen LogP contribution in [0, 0.1) is 0 Å². The topological polar surface area (TPSA) is 38.7 Å². The Labute approximate surface area is 336 Å². The van der Waals surface area contributed by atoms with Gasteiger partial charge in [0.15, 0.2) is 5.82 Å². The summed E-state index contributed by atoms with van der Waals surface area (Å²) in [7, 11) is 0. The molecule has 3 nitrogen and oxygen atoms in total. The largest absolute Gasteiger partial charge is 0.248 e. The zero-order valence-electron chi connectivity index (χ0n) is 31.5. The second-order valence-corrected chi connectivity index (χ2v) is 14.8. The number of rotatable bonds is 6. The van der Waals surface area contributed by atoms with E-state index in [1.54, 1.807) is 0 Å². The summed E-state index contributed by atoms with van der Waals surface area (Å²) in [5.74, 6) is 0.709. The number of aromatic nitrogens is 3. The van der Waals surface area contributed by atoms with E-state index in [9.17, 15) is 0 Å². The van der Waals surface area contributed by atoms with E-state index in [2.05, 4.69) is 206 Å². The number of hydrogen-bond acceptors (Lipinski definition) is 3. The van der Waals surface area contributed by atoms with Gasteiger partial charge in [-0.1, -0.05) is 188 Å². The molecule has 0 unspecified atom stereocenters. The Morgan fingerprint density at radius 2 is 0.776 bits per heavy atom. The molecule has 11 rings (SSSR count). The summed E-state index contributed by atoms with van der Waals surface area (Å²) >= 11 is 0. The quantitative estimate of drug-likeness (QED) is 0.160. The van der Waals surface area contributed by atoms with Crippen molar-refractivity contribution < 1.29 is 0 Å². The molecular formula is C55H35N3. The van der Waals surface area contributed by atoms with E-state index in [1.807, 2.05) is 6.07 Å². The van der Waals surface area contributed by atoms with Gasteiger partial charge >= 0.3 is 0 Å². The van der Waals surface area contributed by atoms with Crippen LogP contribution in [0.3, 0.4) is 0 Å². The van der Waals surface area contributed by atoms with Crippen molar-refractivity contribution in [3.63, 3.8) is 0 Å². The summed E-state index contributed by atoms with van der Waals surface area (Å²) in [6, 6.07) is 75.2. The molecule has 0 N–H and O–H groups in total. The van der Waals surface area contributed by atoms with Crippen LogP contribution in [0.1, 0.15) is 0 Å². The molecule has 0 amide bonds. The summed E-state index contributed by atoms with van der Waals surface area (Å²) in [6.45, 7) is 0. The predicted octanol–water partition coefficient (Wildman–Crippen LogP) is 14.5. The Morgan fingerprint density at radius 1 is 0.259 bits per heavy atom. The molecule has 0 saturated carbocycles. The zero-order chi connectivity index (χ0) is 38.4. The highest BCUT2D eigenvalue weighted by Gasteiger charge is 2.16. The van der Waals surface area contributed by atoms with Crippen molar-refractivity contribution in [1.29, 1.82) is 0 Å². The maximum absolute atomic E-state index is 5.26. The zero-order valence-corrected chi connectivity index (χ0v) is 31.5. The fraction of sp³-hybridized carbons (Fsp3) is 0. The highest BCUT2D eigenvalue weighted by molar-refractivity contribution is 6.14. The number of benzene rings is 9. The van der Waals surface area contributed by atoms with Gasteiger partial charge in [0.25, 0.3) is 0 Å². The molecule has 2 aromatic heterocycles. The first kappa shape index (κ1) is 33.6. The van der Waals surface area contributed by atoms with Gasteiger partial charge in [-0.3, -0.25) is 0 Å². The van der Waals surface area contributed by atoms with Crippen molar-refractivity contribution in [1.82, 2.24) is 15.0 Å². The smallest absolute Gasteiger partial charge is 0.161 e. The van der Waals surface area contributed by atoms with E-state index in [-0.39, 0.29) is 0 Å². The Kier molecular flexibility index (Phi) is 8.15. The first-order valence-electron chi connectivity index (χ1n) is 19.7. The number of nitrogens with zero attached hydrogens (tertiary/aromatic N) is 3. The minimum atomic E-state index is 0.709. The number of pyridine rings is 1. The molecule has 0 spiro atoms. The first-order valence-corrected chi connectivity index (χ1v) is 19.7. The van der Waals surface area contributed by atoms with Crippen molar-refractivity contribution in [2.24, 2.45) is 0 Å². The molecule has 0 aliphatic carbocycles. The minimum absolute atomic E-state index is 0.709. The van der Waals surface area contributed by atoms with Gasteiger partial charge in [-0.05, 0) is 78.8 Å². The van der Waals surface area contributed by atoms with E-state index < -0.39 is 0 Å². The van der Waals surface area contributed by atoms with Crippen molar-refractivity contribution in [2.45, 2.75) is 0 Å². The number of hydrogen-bond donors (Lipinski definition) is 0. The standard InChI is InChI=1S/C55H35N3/c1-2-16-40(17-3-1)51-34-49(54-46-24-9-6-15-39(46)31-32-50(54)56-51)43-21-10-20-42(33-43)36-27-29-41(30-28-36)52-35-53(47-25-11-18-37-13-4-7-22-44(37)47)58-55(57-52)48-26-12-19-38-14-5-8-23-45(38)48/h1-35H. The molecular weight excluding hydrogens is 703 g/mol. The van der Waals surface area contributed by atoms with Crippen LogP contribution in [0.2, 0.25) is 0 Å². The SMILES string of the molecule is c1ccc(-c2cc(-c3cccc(-c4ccc(-c5cc(-c6cccc7ccccc67)nc(-c6cccc7ccccc67)n5)cc4)c3)c3c(ccc4ccccc43)n2)cc1. The maximum atomic E-state index is 5.26. The van der Waals surface area contributed by atoms with Crippen LogP contribution in [-0.4, -0.2) is 15.0 Å². The second-order valence-electron chi connectivity index (χ2n) is 14.8. The average molecular weight is 738 g/mol.